The number of aliphatic carboxylic acids is 1. The van der Waals surface area contributed by atoms with Gasteiger partial charge in [-0.05, 0) is 18.9 Å². The highest BCUT2D eigenvalue weighted by atomic mass is 35.5. The molecule has 2 aliphatic heterocycles. The summed E-state index contributed by atoms with van der Waals surface area (Å²) in [6.45, 7) is 0. The summed E-state index contributed by atoms with van der Waals surface area (Å²) in [7, 11) is 0. The number of rotatable bonds is 6. The number of halogens is 2. The van der Waals surface area contributed by atoms with Crippen LogP contribution in [0.3, 0.4) is 0 Å². The summed E-state index contributed by atoms with van der Waals surface area (Å²) in [5.74, 6) is -3.56. The Morgan fingerprint density at radius 1 is 1.45 bits per heavy atom. The van der Waals surface area contributed by atoms with Gasteiger partial charge in [-0.2, -0.15) is 0 Å². The number of carboxylic acids is 1. The van der Waals surface area contributed by atoms with Crippen LogP contribution in [0.4, 0.5) is 9.52 Å². The largest absolute Gasteiger partial charge is 0.477 e. The molecule has 2 atom stereocenters. The maximum atomic E-state index is 14.0. The number of hydrogen-bond acceptors (Lipinski definition) is 10. The first-order valence-corrected chi connectivity index (χ1v) is 11.3. The Morgan fingerprint density at radius 3 is 2.82 bits per heavy atom. The summed E-state index contributed by atoms with van der Waals surface area (Å²) >= 11 is 7.74. The first-order valence-electron chi connectivity index (χ1n) is 9.24. The molecule has 5 N–H and O–H groups in total. The molecule has 2 unspecified atom stereocenters. The minimum absolute atomic E-state index is 0.0239. The van der Waals surface area contributed by atoms with Gasteiger partial charge in [-0.1, -0.05) is 39.9 Å². The Morgan fingerprint density at radius 2 is 2.21 bits per heavy atom. The highest BCUT2D eigenvalue weighted by Crippen LogP contribution is 2.43. The number of anilines is 1. The summed E-state index contributed by atoms with van der Waals surface area (Å²) in [4.78, 5) is 46.4. The number of nitrogens with one attached hydrogen (secondary N) is 1. The molecule has 0 bridgehead atoms. The first kappa shape index (κ1) is 22.9. The van der Waals surface area contributed by atoms with Crippen LogP contribution in [0.5, 0.6) is 0 Å². The fourth-order valence-corrected chi connectivity index (χ4v) is 5.55. The maximum Gasteiger partial charge on any atom is 0.353 e. The summed E-state index contributed by atoms with van der Waals surface area (Å²) in [6, 6.07) is -0.288. The lowest BCUT2D eigenvalue weighted by atomic mass is 9.86. The number of carbonyl (C=O) groups excluding carboxylic acids is 2. The molecule has 15 heteroatoms. The highest BCUT2D eigenvalue weighted by molar-refractivity contribution is 8.03. The van der Waals surface area contributed by atoms with Gasteiger partial charge in [0.1, 0.15) is 21.8 Å². The molecule has 0 aromatic carbocycles. The molecule has 1 saturated heterocycles. The van der Waals surface area contributed by atoms with Gasteiger partial charge in [-0.15, -0.1) is 0 Å². The van der Waals surface area contributed by atoms with Crippen LogP contribution in [-0.2, 0) is 14.4 Å². The normalized spacial score (nSPS) is 20.4. The van der Waals surface area contributed by atoms with E-state index < -0.39 is 41.4 Å². The van der Waals surface area contributed by atoms with Gasteiger partial charge >= 0.3 is 5.97 Å². The second kappa shape index (κ2) is 8.96. The van der Waals surface area contributed by atoms with E-state index in [1.807, 2.05) is 0 Å². The number of allylic oxidation sites excluding steroid dienone is 1. The molecule has 0 radical (unpaired) electrons. The van der Waals surface area contributed by atoms with E-state index in [0.717, 1.165) is 34.2 Å². The van der Waals surface area contributed by atoms with Crippen molar-refractivity contribution in [3.8, 4) is 0 Å². The number of thioether (sulfide) groups is 1. The molecule has 0 spiro atoms. The van der Waals surface area contributed by atoms with E-state index in [1.165, 1.54) is 12.3 Å². The number of nitrogen functional groups attached to an aromatic ring is 1. The summed E-state index contributed by atoms with van der Waals surface area (Å²) in [6.07, 6.45) is 2.95. The molecule has 1 fully saturated rings. The summed E-state index contributed by atoms with van der Waals surface area (Å²) < 4.78 is 14.0. The lowest BCUT2D eigenvalue weighted by Gasteiger charge is -2.50. The van der Waals surface area contributed by atoms with Gasteiger partial charge in [0.2, 0.25) is 0 Å². The number of fused-ring (bicyclic) bond motifs is 1. The monoisotopic (exact) mass is 512 g/mol. The summed E-state index contributed by atoms with van der Waals surface area (Å²) in [5.41, 5.74) is 4.60. The quantitative estimate of drug-likeness (QED) is 0.194. The smallest absolute Gasteiger partial charge is 0.353 e. The molecule has 2 amide bonds. The molecule has 11 nitrogen and oxygen atoms in total. The standard InChI is InChI=1S/C18H14ClFN6O5S2/c19-14-11(24-18(21)33-14)12(25-31)15(27)23-10-7-1-2-9(13(17(29)30)26(7)16(10)28)32-8-3-4-22-5-6(8)20/h3-5,7,10,31H,1-2H2,(H2,21,24)(H,23,27)(H,29,30)/b25-12-. The number of nitrogens with zero attached hydrogens (tertiary/aromatic N) is 4. The van der Waals surface area contributed by atoms with Crippen molar-refractivity contribution >= 4 is 63.3 Å². The van der Waals surface area contributed by atoms with Crippen LogP contribution >= 0.6 is 34.7 Å². The minimum Gasteiger partial charge on any atom is -0.477 e. The van der Waals surface area contributed by atoms with Crippen LogP contribution < -0.4 is 11.1 Å². The average molecular weight is 513 g/mol. The molecule has 4 heterocycles. The van der Waals surface area contributed by atoms with Crippen molar-refractivity contribution in [3.05, 3.63) is 44.9 Å². The van der Waals surface area contributed by atoms with Gasteiger partial charge in [-0.3, -0.25) is 19.5 Å². The number of amides is 2. The van der Waals surface area contributed by atoms with Crippen LogP contribution in [0, 0.1) is 5.82 Å². The summed E-state index contributed by atoms with van der Waals surface area (Å²) in [5, 5.41) is 24.4. The third-order valence-electron chi connectivity index (χ3n) is 4.99. The van der Waals surface area contributed by atoms with Crippen LogP contribution in [-0.4, -0.2) is 60.8 Å². The van der Waals surface area contributed by atoms with Gasteiger partial charge in [0, 0.05) is 11.1 Å². The van der Waals surface area contributed by atoms with Gasteiger partial charge < -0.3 is 21.4 Å². The molecule has 0 saturated carbocycles. The van der Waals surface area contributed by atoms with E-state index in [2.05, 4.69) is 20.4 Å². The second-order valence-corrected chi connectivity index (χ2v) is 9.64. The zero-order chi connectivity index (χ0) is 23.9. The fourth-order valence-electron chi connectivity index (χ4n) is 3.58. The molecule has 2 aromatic rings. The molecule has 172 valence electrons. The van der Waals surface area contributed by atoms with E-state index in [-0.39, 0.29) is 32.2 Å². The predicted octanol–water partition coefficient (Wildman–Crippen LogP) is 1.67. The maximum absolute atomic E-state index is 14.0. The Hall–Kier alpha value is -3.23. The number of hydrogen-bond donors (Lipinski definition) is 4. The van der Waals surface area contributed by atoms with Gasteiger partial charge in [0.25, 0.3) is 11.8 Å². The van der Waals surface area contributed by atoms with Gasteiger partial charge in [-0.25, -0.2) is 14.2 Å². The van der Waals surface area contributed by atoms with Crippen LogP contribution in [0.2, 0.25) is 4.34 Å². The third kappa shape index (κ3) is 4.12. The Kier molecular flexibility index (Phi) is 6.23. The lowest BCUT2D eigenvalue weighted by molar-refractivity contribution is -0.155. The third-order valence-corrected chi connectivity index (χ3v) is 7.27. The van der Waals surface area contributed by atoms with E-state index in [1.54, 1.807) is 0 Å². The number of β-lactam (4-membered cyclic amide) rings is 1. The first-order chi connectivity index (χ1) is 15.7. The van der Waals surface area contributed by atoms with Gasteiger partial charge in [0.15, 0.2) is 16.7 Å². The molecular formula is C18H14ClFN6O5S2. The van der Waals surface area contributed by atoms with Gasteiger partial charge in [0.05, 0.1) is 17.1 Å². The predicted molar refractivity (Wildman–Crippen MR) is 116 cm³/mol. The Balaban J connectivity index is 1.55. The van der Waals surface area contributed by atoms with Crippen LogP contribution in [0.15, 0.2) is 39.1 Å². The van der Waals surface area contributed by atoms with E-state index >= 15 is 0 Å². The fraction of sp³-hybridized carbons (Fsp3) is 0.222. The second-order valence-electron chi connectivity index (χ2n) is 6.87. The molecule has 2 aliphatic rings. The zero-order valence-corrected chi connectivity index (χ0v) is 18.7. The Labute approximate surface area is 198 Å². The van der Waals surface area contributed by atoms with Crippen molar-refractivity contribution in [1.82, 2.24) is 20.2 Å². The van der Waals surface area contributed by atoms with E-state index in [0.29, 0.717) is 11.3 Å². The molecule has 2 aromatic heterocycles. The van der Waals surface area contributed by atoms with Crippen molar-refractivity contribution in [2.24, 2.45) is 5.16 Å². The molecular weight excluding hydrogens is 499 g/mol. The minimum atomic E-state index is -1.35. The number of pyridine rings is 1. The van der Waals surface area contributed by atoms with E-state index in [9.17, 15) is 29.1 Å². The molecule has 0 aliphatic carbocycles. The topological polar surface area (TPSA) is 171 Å². The number of aromatic nitrogens is 2. The number of thiazole rings is 1. The van der Waals surface area contributed by atoms with Crippen LogP contribution in [0.1, 0.15) is 18.5 Å². The zero-order valence-electron chi connectivity index (χ0n) is 16.4. The number of nitrogens with two attached hydrogens (primary N) is 1. The van der Waals surface area contributed by atoms with Crippen molar-refractivity contribution in [2.75, 3.05) is 5.73 Å². The van der Waals surface area contributed by atoms with Crippen molar-refractivity contribution < 1.29 is 29.1 Å². The van der Waals surface area contributed by atoms with Crippen LogP contribution in [0.25, 0.3) is 0 Å². The average Bonchev–Trinajstić information content (AvgIpc) is 3.11. The SMILES string of the molecule is Nc1nc(/C(=N/O)C(=O)NC2C(=O)N3C(C(=O)O)=C(Sc4ccncc4F)CCC23)c(Cl)s1. The lowest BCUT2D eigenvalue weighted by Crippen LogP contribution is -2.72. The van der Waals surface area contributed by atoms with Crippen molar-refractivity contribution in [1.29, 1.82) is 0 Å². The number of carbonyl (C=O) groups is 3. The molecule has 4 rings (SSSR count). The number of oxime groups is 1. The Bertz CT molecular complexity index is 1230. The van der Waals surface area contributed by atoms with Crippen molar-refractivity contribution in [3.63, 3.8) is 0 Å². The highest BCUT2D eigenvalue weighted by Gasteiger charge is 2.54. The van der Waals surface area contributed by atoms with Crippen molar-refractivity contribution in [2.45, 2.75) is 29.8 Å². The molecule has 33 heavy (non-hydrogen) atoms. The van der Waals surface area contributed by atoms with E-state index in [4.69, 9.17) is 17.3 Å². The number of carboxylic acid groups (broad SMARTS) is 1.